The predicted molar refractivity (Wildman–Crippen MR) is 117 cm³/mol. The Morgan fingerprint density at radius 2 is 1.82 bits per heavy atom. The minimum absolute atomic E-state index is 0.152. The van der Waals surface area contributed by atoms with Crippen LogP contribution >= 0.6 is 23.2 Å². The molecule has 0 aliphatic carbocycles. The van der Waals surface area contributed by atoms with Gasteiger partial charge in [0.1, 0.15) is 0 Å². The average molecular weight is 427 g/mol. The standard InChI is InChI=1S/C21H32Cl2N4O/c1-2-4-20(28)24-27-11-8-17(9-12-27)7-10-25-13-15-26(16-14-25)19-6-3-5-18(22)21(19)23/h3,5-6,17H,2,4,7-16H2,1H3,(H,24,28). The van der Waals surface area contributed by atoms with E-state index in [0.717, 1.165) is 63.8 Å². The lowest BCUT2D eigenvalue weighted by Crippen LogP contribution is -2.48. The van der Waals surface area contributed by atoms with Crippen LogP contribution in [0.5, 0.6) is 0 Å². The number of nitrogens with one attached hydrogen (secondary N) is 1. The summed E-state index contributed by atoms with van der Waals surface area (Å²) in [5.41, 5.74) is 4.08. The SMILES string of the molecule is CCCC(=O)NN1CCC(CCN2CCN(c3cccc(Cl)c3Cl)CC2)CC1. The lowest BCUT2D eigenvalue weighted by atomic mass is 9.94. The fourth-order valence-corrected chi connectivity index (χ4v) is 4.52. The van der Waals surface area contributed by atoms with Crippen molar-refractivity contribution in [1.29, 1.82) is 0 Å². The number of piperazine rings is 1. The molecule has 1 aromatic carbocycles. The molecule has 7 heteroatoms. The van der Waals surface area contributed by atoms with E-state index in [1.807, 2.05) is 19.1 Å². The van der Waals surface area contributed by atoms with E-state index in [-0.39, 0.29) is 5.91 Å². The maximum atomic E-state index is 11.7. The topological polar surface area (TPSA) is 38.8 Å². The zero-order chi connectivity index (χ0) is 19.9. The Morgan fingerprint density at radius 3 is 2.50 bits per heavy atom. The van der Waals surface area contributed by atoms with E-state index >= 15 is 0 Å². The van der Waals surface area contributed by atoms with E-state index in [9.17, 15) is 4.79 Å². The number of benzene rings is 1. The number of hydrogen-bond acceptors (Lipinski definition) is 4. The number of hydrogen-bond donors (Lipinski definition) is 1. The average Bonchev–Trinajstić information content (AvgIpc) is 2.70. The molecular formula is C21H32Cl2N4O. The van der Waals surface area contributed by atoms with Gasteiger partial charge in [-0.25, -0.2) is 5.01 Å². The molecule has 1 amide bonds. The Kier molecular flexibility index (Phi) is 8.27. The van der Waals surface area contributed by atoms with Crippen LogP contribution in [0.25, 0.3) is 0 Å². The summed E-state index contributed by atoms with van der Waals surface area (Å²) >= 11 is 12.5. The molecule has 0 aromatic heterocycles. The summed E-state index contributed by atoms with van der Waals surface area (Å²) in [6.07, 6.45) is 5.11. The zero-order valence-corrected chi connectivity index (χ0v) is 18.3. The first-order valence-corrected chi connectivity index (χ1v) is 11.3. The first-order chi connectivity index (χ1) is 13.6. The molecule has 2 aliphatic rings. The molecule has 1 aromatic rings. The third-order valence-corrected chi connectivity index (χ3v) is 6.68. The van der Waals surface area contributed by atoms with Gasteiger partial charge < -0.3 is 4.90 Å². The second-order valence-electron chi connectivity index (χ2n) is 7.91. The van der Waals surface area contributed by atoms with E-state index in [2.05, 4.69) is 26.3 Å². The van der Waals surface area contributed by atoms with E-state index < -0.39 is 0 Å². The number of rotatable bonds is 7. The van der Waals surface area contributed by atoms with Crippen LogP contribution < -0.4 is 10.3 Å². The Morgan fingerprint density at radius 1 is 1.11 bits per heavy atom. The van der Waals surface area contributed by atoms with E-state index in [0.29, 0.717) is 16.5 Å². The number of piperidine rings is 1. The van der Waals surface area contributed by atoms with Crippen molar-refractivity contribution in [2.24, 2.45) is 5.92 Å². The molecule has 5 nitrogen and oxygen atoms in total. The number of nitrogens with zero attached hydrogens (tertiary/aromatic N) is 3. The first-order valence-electron chi connectivity index (χ1n) is 10.5. The van der Waals surface area contributed by atoms with E-state index in [1.54, 1.807) is 0 Å². The second-order valence-corrected chi connectivity index (χ2v) is 8.69. The van der Waals surface area contributed by atoms with Crippen LogP contribution in [0.4, 0.5) is 5.69 Å². The van der Waals surface area contributed by atoms with Gasteiger partial charge in [0, 0.05) is 45.7 Å². The van der Waals surface area contributed by atoms with Crippen molar-refractivity contribution in [2.75, 3.05) is 50.7 Å². The summed E-state index contributed by atoms with van der Waals surface area (Å²) in [7, 11) is 0. The molecule has 156 valence electrons. The monoisotopic (exact) mass is 426 g/mol. The summed E-state index contributed by atoms with van der Waals surface area (Å²) in [5, 5.41) is 3.39. The lowest BCUT2D eigenvalue weighted by Gasteiger charge is -2.38. The van der Waals surface area contributed by atoms with Crippen LogP contribution in [0.3, 0.4) is 0 Å². The van der Waals surface area contributed by atoms with Gasteiger partial charge >= 0.3 is 0 Å². The zero-order valence-electron chi connectivity index (χ0n) is 16.8. The van der Waals surface area contributed by atoms with Crippen molar-refractivity contribution in [3.8, 4) is 0 Å². The maximum absolute atomic E-state index is 11.7. The minimum atomic E-state index is 0.152. The Bertz CT molecular complexity index is 641. The van der Waals surface area contributed by atoms with Crippen molar-refractivity contribution >= 4 is 34.8 Å². The molecule has 2 aliphatic heterocycles. The summed E-state index contributed by atoms with van der Waals surface area (Å²) in [6.45, 7) is 9.25. The number of hydrazine groups is 1. The number of halogens is 2. The molecule has 0 unspecified atom stereocenters. The van der Waals surface area contributed by atoms with Crippen LogP contribution in [0.1, 0.15) is 39.0 Å². The molecule has 28 heavy (non-hydrogen) atoms. The number of carbonyl (C=O) groups is 1. The number of amides is 1. The minimum Gasteiger partial charge on any atom is -0.368 e. The highest BCUT2D eigenvalue weighted by Crippen LogP contribution is 2.33. The predicted octanol–water partition coefficient (Wildman–Crippen LogP) is 4.05. The van der Waals surface area contributed by atoms with Gasteiger partial charge in [-0.3, -0.25) is 15.1 Å². The van der Waals surface area contributed by atoms with Gasteiger partial charge in [0.05, 0.1) is 15.7 Å². The fourth-order valence-electron chi connectivity index (χ4n) is 4.11. The quantitative estimate of drug-likeness (QED) is 0.713. The normalized spacial score (nSPS) is 19.8. The Hall–Kier alpha value is -1.01. The van der Waals surface area contributed by atoms with Gasteiger partial charge in [0.25, 0.3) is 0 Å². The van der Waals surface area contributed by atoms with Crippen molar-refractivity contribution in [2.45, 2.75) is 39.0 Å². The van der Waals surface area contributed by atoms with Crippen molar-refractivity contribution in [3.63, 3.8) is 0 Å². The second kappa shape index (κ2) is 10.7. The highest BCUT2D eigenvalue weighted by molar-refractivity contribution is 6.43. The number of anilines is 1. The van der Waals surface area contributed by atoms with E-state index in [4.69, 9.17) is 23.2 Å². The van der Waals surface area contributed by atoms with Crippen LogP contribution in [-0.2, 0) is 4.79 Å². The summed E-state index contributed by atoms with van der Waals surface area (Å²) in [6, 6.07) is 5.86. The summed E-state index contributed by atoms with van der Waals surface area (Å²) < 4.78 is 0. The van der Waals surface area contributed by atoms with Gasteiger partial charge in [-0.05, 0) is 50.3 Å². The van der Waals surface area contributed by atoms with Gasteiger partial charge in [-0.15, -0.1) is 0 Å². The van der Waals surface area contributed by atoms with Crippen molar-refractivity contribution in [3.05, 3.63) is 28.2 Å². The molecule has 0 bridgehead atoms. The van der Waals surface area contributed by atoms with Gasteiger partial charge in [0.15, 0.2) is 0 Å². The number of carbonyl (C=O) groups excluding carboxylic acids is 1. The molecule has 0 atom stereocenters. The van der Waals surface area contributed by atoms with Crippen molar-refractivity contribution < 1.29 is 4.79 Å². The third kappa shape index (κ3) is 5.99. The third-order valence-electron chi connectivity index (χ3n) is 5.87. The van der Waals surface area contributed by atoms with Gasteiger partial charge in [-0.1, -0.05) is 36.2 Å². The summed E-state index contributed by atoms with van der Waals surface area (Å²) in [4.78, 5) is 16.6. The largest absolute Gasteiger partial charge is 0.368 e. The highest BCUT2D eigenvalue weighted by atomic mass is 35.5. The Labute approximate surface area is 178 Å². The lowest BCUT2D eigenvalue weighted by molar-refractivity contribution is -0.126. The van der Waals surface area contributed by atoms with Crippen LogP contribution in [0, 0.1) is 5.92 Å². The smallest absolute Gasteiger partial charge is 0.234 e. The first kappa shape index (κ1) is 21.7. The summed E-state index contributed by atoms with van der Waals surface area (Å²) in [5.74, 6) is 0.915. The highest BCUT2D eigenvalue weighted by Gasteiger charge is 2.23. The van der Waals surface area contributed by atoms with Crippen LogP contribution in [0.15, 0.2) is 18.2 Å². The molecule has 1 N–H and O–H groups in total. The van der Waals surface area contributed by atoms with Gasteiger partial charge in [-0.2, -0.15) is 0 Å². The molecule has 0 spiro atoms. The molecule has 3 rings (SSSR count). The van der Waals surface area contributed by atoms with Crippen LogP contribution in [-0.4, -0.2) is 61.6 Å². The van der Waals surface area contributed by atoms with Crippen molar-refractivity contribution in [1.82, 2.24) is 15.3 Å². The molecule has 2 heterocycles. The van der Waals surface area contributed by atoms with Crippen LogP contribution in [0.2, 0.25) is 10.0 Å². The molecule has 0 radical (unpaired) electrons. The molecule has 0 saturated carbocycles. The molecular weight excluding hydrogens is 395 g/mol. The van der Waals surface area contributed by atoms with E-state index in [1.165, 1.54) is 19.3 Å². The fraction of sp³-hybridized carbons (Fsp3) is 0.667. The maximum Gasteiger partial charge on any atom is 0.234 e. The molecule has 2 fully saturated rings. The van der Waals surface area contributed by atoms with Gasteiger partial charge in [0.2, 0.25) is 5.91 Å². The molecule has 2 saturated heterocycles. The Balaban J connectivity index is 1.35.